The SMILES string of the molecule is CC(C)c1ncc(Cl)c(C(=O)NC2CCCCC2CO)n1. The van der Waals surface area contributed by atoms with Crippen LogP contribution < -0.4 is 5.32 Å². The van der Waals surface area contributed by atoms with Gasteiger partial charge in [0.15, 0.2) is 0 Å². The maximum absolute atomic E-state index is 12.4. The minimum absolute atomic E-state index is 0.00946. The van der Waals surface area contributed by atoms with Crippen molar-refractivity contribution in [3.63, 3.8) is 0 Å². The van der Waals surface area contributed by atoms with Gasteiger partial charge in [-0.15, -0.1) is 0 Å². The summed E-state index contributed by atoms with van der Waals surface area (Å²) in [7, 11) is 0. The molecule has 1 aromatic rings. The van der Waals surface area contributed by atoms with Gasteiger partial charge in [0.1, 0.15) is 11.5 Å². The zero-order valence-corrected chi connectivity index (χ0v) is 13.2. The molecule has 0 bridgehead atoms. The zero-order chi connectivity index (χ0) is 15.4. The molecule has 1 aliphatic rings. The number of aromatic nitrogens is 2. The molecule has 2 unspecified atom stereocenters. The van der Waals surface area contributed by atoms with E-state index in [0.29, 0.717) is 5.82 Å². The van der Waals surface area contributed by atoms with Crippen molar-refractivity contribution < 1.29 is 9.90 Å². The van der Waals surface area contributed by atoms with Gasteiger partial charge in [0.25, 0.3) is 5.91 Å². The van der Waals surface area contributed by atoms with Crippen molar-refractivity contribution >= 4 is 17.5 Å². The van der Waals surface area contributed by atoms with E-state index in [1.54, 1.807) is 0 Å². The third-order valence-electron chi connectivity index (χ3n) is 3.95. The molecular weight excluding hydrogens is 290 g/mol. The van der Waals surface area contributed by atoms with Crippen LogP contribution in [0.15, 0.2) is 6.20 Å². The monoisotopic (exact) mass is 311 g/mol. The van der Waals surface area contributed by atoms with Crippen LogP contribution in [0.4, 0.5) is 0 Å². The summed E-state index contributed by atoms with van der Waals surface area (Å²) in [4.78, 5) is 20.8. The number of aliphatic hydroxyl groups is 1. The van der Waals surface area contributed by atoms with Gasteiger partial charge in [-0.25, -0.2) is 9.97 Å². The molecule has 0 aliphatic heterocycles. The van der Waals surface area contributed by atoms with E-state index in [2.05, 4.69) is 15.3 Å². The first-order valence-electron chi connectivity index (χ1n) is 7.47. The molecule has 1 fully saturated rings. The fourth-order valence-corrected chi connectivity index (χ4v) is 2.85. The van der Waals surface area contributed by atoms with Crippen molar-refractivity contribution in [2.24, 2.45) is 5.92 Å². The summed E-state index contributed by atoms with van der Waals surface area (Å²) < 4.78 is 0. The quantitative estimate of drug-likeness (QED) is 0.896. The van der Waals surface area contributed by atoms with Crippen molar-refractivity contribution in [1.82, 2.24) is 15.3 Å². The van der Waals surface area contributed by atoms with Gasteiger partial charge in [-0.1, -0.05) is 38.3 Å². The topological polar surface area (TPSA) is 75.1 Å². The predicted octanol–water partition coefficient (Wildman–Crippen LogP) is 2.53. The predicted molar refractivity (Wildman–Crippen MR) is 81.4 cm³/mol. The normalized spacial score (nSPS) is 22.3. The van der Waals surface area contributed by atoms with Gasteiger partial charge in [0.05, 0.1) is 11.2 Å². The van der Waals surface area contributed by atoms with Gasteiger partial charge in [0, 0.05) is 24.5 Å². The van der Waals surface area contributed by atoms with E-state index in [9.17, 15) is 9.90 Å². The first-order valence-corrected chi connectivity index (χ1v) is 7.85. The fourth-order valence-electron chi connectivity index (χ4n) is 2.67. The smallest absolute Gasteiger partial charge is 0.271 e. The number of nitrogens with one attached hydrogen (secondary N) is 1. The van der Waals surface area contributed by atoms with Gasteiger partial charge in [-0.3, -0.25) is 4.79 Å². The van der Waals surface area contributed by atoms with Crippen molar-refractivity contribution in [2.75, 3.05) is 6.61 Å². The van der Waals surface area contributed by atoms with Gasteiger partial charge < -0.3 is 10.4 Å². The Bertz CT molecular complexity index is 508. The van der Waals surface area contributed by atoms with Crippen LogP contribution in [0.3, 0.4) is 0 Å². The van der Waals surface area contributed by atoms with Crippen LogP contribution in [0, 0.1) is 5.92 Å². The molecular formula is C15H22ClN3O2. The Labute approximate surface area is 130 Å². The molecule has 0 radical (unpaired) electrons. The number of hydrogen-bond acceptors (Lipinski definition) is 4. The van der Waals surface area contributed by atoms with E-state index in [1.807, 2.05) is 13.8 Å². The molecule has 5 nitrogen and oxygen atoms in total. The lowest BCUT2D eigenvalue weighted by molar-refractivity contribution is 0.0867. The summed E-state index contributed by atoms with van der Waals surface area (Å²) >= 11 is 6.05. The van der Waals surface area contributed by atoms with Crippen molar-refractivity contribution in [3.05, 3.63) is 22.7 Å². The lowest BCUT2D eigenvalue weighted by Gasteiger charge is -2.30. The lowest BCUT2D eigenvalue weighted by atomic mass is 9.85. The Balaban J connectivity index is 2.14. The number of nitrogens with zero attached hydrogens (tertiary/aromatic N) is 2. The fraction of sp³-hybridized carbons (Fsp3) is 0.667. The van der Waals surface area contributed by atoms with Crippen LogP contribution in [-0.4, -0.2) is 33.6 Å². The van der Waals surface area contributed by atoms with Crippen LogP contribution in [0.1, 0.15) is 61.8 Å². The standard InChI is InChI=1S/C15H22ClN3O2/c1-9(2)14-17-7-11(16)13(19-14)15(21)18-12-6-4-3-5-10(12)8-20/h7,9-10,12,20H,3-6,8H2,1-2H3,(H,18,21). The Morgan fingerprint density at radius 3 is 2.86 bits per heavy atom. The highest BCUT2D eigenvalue weighted by Gasteiger charge is 2.27. The van der Waals surface area contributed by atoms with Crippen LogP contribution in [-0.2, 0) is 0 Å². The molecule has 21 heavy (non-hydrogen) atoms. The maximum atomic E-state index is 12.4. The van der Waals surface area contributed by atoms with E-state index in [1.165, 1.54) is 6.20 Å². The minimum Gasteiger partial charge on any atom is -0.396 e. The molecule has 2 atom stereocenters. The highest BCUT2D eigenvalue weighted by Crippen LogP contribution is 2.25. The Kier molecular flexibility index (Phi) is 5.53. The highest BCUT2D eigenvalue weighted by atomic mass is 35.5. The van der Waals surface area contributed by atoms with Crippen LogP contribution in [0.5, 0.6) is 0 Å². The van der Waals surface area contributed by atoms with Gasteiger partial charge >= 0.3 is 0 Å². The average molecular weight is 312 g/mol. The second-order valence-electron chi connectivity index (χ2n) is 5.89. The molecule has 0 saturated heterocycles. The Morgan fingerprint density at radius 1 is 1.48 bits per heavy atom. The van der Waals surface area contributed by atoms with E-state index in [-0.39, 0.29) is 41.1 Å². The lowest BCUT2D eigenvalue weighted by Crippen LogP contribution is -2.43. The molecule has 2 N–H and O–H groups in total. The molecule has 6 heteroatoms. The molecule has 0 spiro atoms. The second-order valence-corrected chi connectivity index (χ2v) is 6.29. The van der Waals surface area contributed by atoms with Gasteiger partial charge in [0.2, 0.25) is 0 Å². The summed E-state index contributed by atoms with van der Waals surface area (Å²) in [6.07, 6.45) is 5.47. The first kappa shape index (κ1) is 16.2. The summed E-state index contributed by atoms with van der Waals surface area (Å²) in [5.41, 5.74) is 0.220. The summed E-state index contributed by atoms with van der Waals surface area (Å²) in [6, 6.07) is -0.00946. The maximum Gasteiger partial charge on any atom is 0.271 e. The molecule has 1 aliphatic carbocycles. The number of amides is 1. The van der Waals surface area contributed by atoms with Crippen molar-refractivity contribution in [2.45, 2.75) is 51.5 Å². The van der Waals surface area contributed by atoms with Gasteiger partial charge in [-0.2, -0.15) is 0 Å². The third-order valence-corrected chi connectivity index (χ3v) is 4.23. The number of rotatable bonds is 4. The third kappa shape index (κ3) is 3.92. The summed E-state index contributed by atoms with van der Waals surface area (Å²) in [5.74, 6) is 0.572. The van der Waals surface area contributed by atoms with E-state index in [0.717, 1.165) is 25.7 Å². The molecule has 1 saturated carbocycles. The van der Waals surface area contributed by atoms with E-state index < -0.39 is 0 Å². The molecule has 1 aromatic heterocycles. The number of halogens is 1. The zero-order valence-electron chi connectivity index (χ0n) is 12.5. The largest absolute Gasteiger partial charge is 0.396 e. The van der Waals surface area contributed by atoms with E-state index in [4.69, 9.17) is 11.6 Å². The molecule has 1 heterocycles. The summed E-state index contributed by atoms with van der Waals surface area (Å²) in [6.45, 7) is 4.03. The van der Waals surface area contributed by atoms with Crippen molar-refractivity contribution in [3.8, 4) is 0 Å². The van der Waals surface area contributed by atoms with Crippen LogP contribution in [0.2, 0.25) is 5.02 Å². The first-order chi connectivity index (χ1) is 10.0. The molecule has 116 valence electrons. The number of carbonyl (C=O) groups is 1. The molecule has 2 rings (SSSR count). The number of carbonyl (C=O) groups excluding carboxylic acids is 1. The summed E-state index contributed by atoms with van der Waals surface area (Å²) in [5, 5.41) is 12.6. The molecule has 0 aromatic carbocycles. The van der Waals surface area contributed by atoms with Crippen molar-refractivity contribution in [1.29, 1.82) is 0 Å². The Morgan fingerprint density at radius 2 is 2.19 bits per heavy atom. The number of aliphatic hydroxyl groups excluding tert-OH is 1. The van der Waals surface area contributed by atoms with E-state index >= 15 is 0 Å². The highest BCUT2D eigenvalue weighted by molar-refractivity contribution is 6.33. The van der Waals surface area contributed by atoms with Crippen LogP contribution >= 0.6 is 11.6 Å². The second kappa shape index (κ2) is 7.18. The average Bonchev–Trinajstić information content (AvgIpc) is 2.47. The van der Waals surface area contributed by atoms with Crippen LogP contribution in [0.25, 0.3) is 0 Å². The van der Waals surface area contributed by atoms with Gasteiger partial charge in [-0.05, 0) is 12.8 Å². The molecule has 1 amide bonds. The minimum atomic E-state index is -0.283. The Hall–Kier alpha value is -1.20. The number of hydrogen-bond donors (Lipinski definition) is 2.